The van der Waals surface area contributed by atoms with Gasteiger partial charge in [-0.05, 0) is 55.0 Å². The number of aryl methyl sites for hydroxylation is 3. The second kappa shape index (κ2) is 5.78. The summed E-state index contributed by atoms with van der Waals surface area (Å²) in [6, 6.07) is 10.6. The number of nitrogens with zero attached hydrogens (tertiary/aromatic N) is 1. The number of hydrogen-bond acceptors (Lipinski definition) is 2. The Morgan fingerprint density at radius 2 is 2.00 bits per heavy atom. The molecule has 2 aromatic rings. The summed E-state index contributed by atoms with van der Waals surface area (Å²) in [5.74, 6) is 0. The molecule has 2 N–H and O–H groups in total. The van der Waals surface area contributed by atoms with Crippen LogP contribution in [0.15, 0.2) is 42.7 Å². The summed E-state index contributed by atoms with van der Waals surface area (Å²) >= 11 is 0. The predicted octanol–water partition coefficient (Wildman–Crippen LogP) is 3.33. The second-order valence-electron chi connectivity index (χ2n) is 4.85. The zero-order chi connectivity index (χ0) is 13.0. The molecule has 94 valence electrons. The van der Waals surface area contributed by atoms with Gasteiger partial charge in [0.05, 0.1) is 0 Å². The number of pyridine rings is 1. The third-order valence-corrected chi connectivity index (χ3v) is 3.43. The van der Waals surface area contributed by atoms with Crippen LogP contribution >= 0.6 is 0 Å². The van der Waals surface area contributed by atoms with Crippen molar-refractivity contribution < 1.29 is 0 Å². The van der Waals surface area contributed by atoms with E-state index in [2.05, 4.69) is 43.1 Å². The molecule has 0 aliphatic carbocycles. The van der Waals surface area contributed by atoms with Crippen LogP contribution in [0.4, 0.5) is 0 Å². The van der Waals surface area contributed by atoms with Gasteiger partial charge >= 0.3 is 0 Å². The molecule has 1 heterocycles. The van der Waals surface area contributed by atoms with Crippen LogP contribution in [-0.2, 0) is 6.42 Å². The molecule has 0 saturated carbocycles. The van der Waals surface area contributed by atoms with Crippen LogP contribution in [0.25, 0.3) is 0 Å². The summed E-state index contributed by atoms with van der Waals surface area (Å²) in [6.07, 6.45) is 5.63. The van der Waals surface area contributed by atoms with Crippen molar-refractivity contribution in [1.29, 1.82) is 0 Å². The molecule has 1 unspecified atom stereocenters. The minimum Gasteiger partial charge on any atom is -0.324 e. The molecule has 0 aliphatic heterocycles. The molecule has 0 amide bonds. The third kappa shape index (κ3) is 3.17. The van der Waals surface area contributed by atoms with E-state index in [0.717, 1.165) is 12.8 Å². The van der Waals surface area contributed by atoms with Gasteiger partial charge in [0.1, 0.15) is 0 Å². The molecule has 2 nitrogen and oxygen atoms in total. The summed E-state index contributed by atoms with van der Waals surface area (Å²) in [7, 11) is 0. The maximum atomic E-state index is 6.24. The number of benzene rings is 1. The highest BCUT2D eigenvalue weighted by molar-refractivity contribution is 5.31. The van der Waals surface area contributed by atoms with Gasteiger partial charge in [-0.15, -0.1) is 0 Å². The van der Waals surface area contributed by atoms with Crippen molar-refractivity contribution in [2.45, 2.75) is 32.7 Å². The van der Waals surface area contributed by atoms with Crippen molar-refractivity contribution in [2.24, 2.45) is 5.73 Å². The summed E-state index contributed by atoms with van der Waals surface area (Å²) in [4.78, 5) is 4.12. The van der Waals surface area contributed by atoms with Crippen LogP contribution in [-0.4, -0.2) is 4.98 Å². The van der Waals surface area contributed by atoms with E-state index in [1.54, 1.807) is 6.20 Å². The van der Waals surface area contributed by atoms with E-state index in [9.17, 15) is 0 Å². The van der Waals surface area contributed by atoms with E-state index < -0.39 is 0 Å². The van der Waals surface area contributed by atoms with Gasteiger partial charge < -0.3 is 5.73 Å². The lowest BCUT2D eigenvalue weighted by Gasteiger charge is -2.13. The van der Waals surface area contributed by atoms with Gasteiger partial charge in [0, 0.05) is 18.4 Å². The molecule has 0 aliphatic rings. The SMILES string of the molecule is Cc1ccc(C(N)CCc2cccnc2)cc1C. The molecule has 1 atom stereocenters. The average Bonchev–Trinajstić information content (AvgIpc) is 2.40. The number of rotatable bonds is 4. The van der Waals surface area contributed by atoms with Crippen LogP contribution < -0.4 is 5.73 Å². The molecule has 1 aromatic heterocycles. The van der Waals surface area contributed by atoms with Gasteiger partial charge in [-0.25, -0.2) is 0 Å². The fourth-order valence-electron chi connectivity index (χ4n) is 2.03. The molecule has 0 radical (unpaired) electrons. The fraction of sp³-hybridized carbons (Fsp3) is 0.312. The zero-order valence-electron chi connectivity index (χ0n) is 11.1. The van der Waals surface area contributed by atoms with E-state index in [1.165, 1.54) is 22.3 Å². The van der Waals surface area contributed by atoms with E-state index in [4.69, 9.17) is 5.73 Å². The van der Waals surface area contributed by atoms with Gasteiger partial charge in [0.25, 0.3) is 0 Å². The van der Waals surface area contributed by atoms with Crippen molar-refractivity contribution in [3.8, 4) is 0 Å². The van der Waals surface area contributed by atoms with Gasteiger partial charge in [-0.3, -0.25) is 4.98 Å². The molecule has 18 heavy (non-hydrogen) atoms. The molecule has 0 spiro atoms. The van der Waals surface area contributed by atoms with Crippen LogP contribution in [0.5, 0.6) is 0 Å². The summed E-state index contributed by atoms with van der Waals surface area (Å²) in [5.41, 5.74) is 11.3. The lowest BCUT2D eigenvalue weighted by atomic mass is 9.97. The lowest BCUT2D eigenvalue weighted by Crippen LogP contribution is -2.11. The van der Waals surface area contributed by atoms with Crippen LogP contribution in [0, 0.1) is 13.8 Å². The van der Waals surface area contributed by atoms with Crippen LogP contribution in [0.3, 0.4) is 0 Å². The molecular weight excluding hydrogens is 220 g/mol. The van der Waals surface area contributed by atoms with Crippen molar-refractivity contribution in [2.75, 3.05) is 0 Å². The van der Waals surface area contributed by atoms with Gasteiger partial charge in [-0.2, -0.15) is 0 Å². The van der Waals surface area contributed by atoms with E-state index >= 15 is 0 Å². The van der Waals surface area contributed by atoms with Crippen molar-refractivity contribution in [3.05, 3.63) is 65.0 Å². The first-order valence-corrected chi connectivity index (χ1v) is 6.38. The number of nitrogens with two attached hydrogens (primary N) is 1. The Bertz CT molecular complexity index is 506. The summed E-state index contributed by atoms with van der Waals surface area (Å²) in [5, 5.41) is 0. The average molecular weight is 240 g/mol. The maximum Gasteiger partial charge on any atom is 0.0299 e. The Kier molecular flexibility index (Phi) is 4.11. The Balaban J connectivity index is 1.99. The highest BCUT2D eigenvalue weighted by Crippen LogP contribution is 2.19. The van der Waals surface area contributed by atoms with Crippen molar-refractivity contribution in [1.82, 2.24) is 4.98 Å². The molecular formula is C16H20N2. The maximum absolute atomic E-state index is 6.24. The molecule has 0 bridgehead atoms. The highest BCUT2D eigenvalue weighted by Gasteiger charge is 2.07. The molecule has 0 fully saturated rings. The zero-order valence-corrected chi connectivity index (χ0v) is 11.1. The smallest absolute Gasteiger partial charge is 0.0299 e. The first-order valence-electron chi connectivity index (χ1n) is 6.38. The van der Waals surface area contributed by atoms with Gasteiger partial charge in [0.15, 0.2) is 0 Å². The highest BCUT2D eigenvalue weighted by atomic mass is 14.6. The lowest BCUT2D eigenvalue weighted by molar-refractivity contribution is 0.650. The largest absolute Gasteiger partial charge is 0.324 e. The Hall–Kier alpha value is -1.67. The predicted molar refractivity (Wildman–Crippen MR) is 75.4 cm³/mol. The minimum atomic E-state index is 0.101. The van der Waals surface area contributed by atoms with E-state index in [-0.39, 0.29) is 6.04 Å². The first-order chi connectivity index (χ1) is 8.66. The third-order valence-electron chi connectivity index (χ3n) is 3.43. The Morgan fingerprint density at radius 1 is 1.17 bits per heavy atom. The van der Waals surface area contributed by atoms with E-state index in [0.29, 0.717) is 0 Å². The van der Waals surface area contributed by atoms with Gasteiger partial charge in [0.2, 0.25) is 0 Å². The Morgan fingerprint density at radius 3 is 2.67 bits per heavy atom. The quantitative estimate of drug-likeness (QED) is 0.890. The summed E-state index contributed by atoms with van der Waals surface area (Å²) in [6.45, 7) is 4.26. The van der Waals surface area contributed by atoms with Crippen molar-refractivity contribution >= 4 is 0 Å². The molecule has 2 heteroatoms. The molecule has 2 rings (SSSR count). The molecule has 1 aromatic carbocycles. The van der Waals surface area contributed by atoms with Crippen LogP contribution in [0.2, 0.25) is 0 Å². The second-order valence-corrected chi connectivity index (χ2v) is 4.85. The summed E-state index contributed by atoms with van der Waals surface area (Å²) < 4.78 is 0. The topological polar surface area (TPSA) is 38.9 Å². The number of aromatic nitrogens is 1. The Labute approximate surface area is 109 Å². The van der Waals surface area contributed by atoms with Crippen LogP contribution in [0.1, 0.15) is 34.7 Å². The number of hydrogen-bond donors (Lipinski definition) is 1. The fourth-order valence-corrected chi connectivity index (χ4v) is 2.03. The van der Waals surface area contributed by atoms with Crippen molar-refractivity contribution in [3.63, 3.8) is 0 Å². The van der Waals surface area contributed by atoms with E-state index in [1.807, 2.05) is 12.3 Å². The molecule has 0 saturated heterocycles. The standard InChI is InChI=1S/C16H20N2/c1-12-5-7-15(10-13(12)2)16(17)8-6-14-4-3-9-18-11-14/h3-5,7,9-11,16H,6,8,17H2,1-2H3. The van der Waals surface area contributed by atoms with Gasteiger partial charge in [-0.1, -0.05) is 24.3 Å². The normalized spacial score (nSPS) is 12.4. The monoisotopic (exact) mass is 240 g/mol. The minimum absolute atomic E-state index is 0.101. The first kappa shape index (κ1) is 12.8.